The van der Waals surface area contributed by atoms with Gasteiger partial charge in [0.15, 0.2) is 5.82 Å². The lowest BCUT2D eigenvalue weighted by atomic mass is 10.2. The summed E-state index contributed by atoms with van der Waals surface area (Å²) in [5.41, 5.74) is 1.99. The summed E-state index contributed by atoms with van der Waals surface area (Å²) in [5.74, 6) is 0.140. The lowest BCUT2D eigenvalue weighted by Gasteiger charge is -2.37. The number of nitrogens with zero attached hydrogens (tertiary/aromatic N) is 5. The third-order valence-electron chi connectivity index (χ3n) is 5.55. The van der Waals surface area contributed by atoms with Crippen molar-refractivity contribution in [3.63, 3.8) is 0 Å². The second kappa shape index (κ2) is 10.9. The Morgan fingerprint density at radius 2 is 1.72 bits per heavy atom. The molecular formula is C26H30N6O3S. The number of ether oxygens (including phenoxy) is 1. The molecule has 188 valence electrons. The number of amides is 2. The van der Waals surface area contributed by atoms with E-state index >= 15 is 0 Å². The molecule has 3 heterocycles. The lowest BCUT2D eigenvalue weighted by Crippen LogP contribution is -2.50. The molecule has 1 aliphatic heterocycles. The first-order chi connectivity index (χ1) is 17.2. The zero-order chi connectivity index (χ0) is 25.7. The number of hydrogen-bond donors (Lipinski definition) is 1. The summed E-state index contributed by atoms with van der Waals surface area (Å²) in [6.07, 6.45) is 6.60. The van der Waals surface area contributed by atoms with E-state index in [2.05, 4.69) is 25.2 Å². The Labute approximate surface area is 215 Å². The Morgan fingerprint density at radius 1 is 1.00 bits per heavy atom. The van der Waals surface area contributed by atoms with Crippen molar-refractivity contribution in [2.75, 3.05) is 42.7 Å². The molecule has 10 heteroatoms. The first kappa shape index (κ1) is 25.4. The normalized spacial score (nSPS) is 13.9. The molecule has 2 aromatic heterocycles. The first-order valence-electron chi connectivity index (χ1n) is 11.7. The predicted octanol–water partition coefficient (Wildman–Crippen LogP) is 4.57. The summed E-state index contributed by atoms with van der Waals surface area (Å²) in [4.78, 5) is 43.4. The second-order valence-corrected chi connectivity index (χ2v) is 10.2. The van der Waals surface area contributed by atoms with Gasteiger partial charge in [0.05, 0.1) is 17.6 Å². The lowest BCUT2D eigenvalue weighted by molar-refractivity contribution is 0.0240. The van der Waals surface area contributed by atoms with Crippen LogP contribution in [0.15, 0.2) is 59.9 Å². The van der Waals surface area contributed by atoms with Gasteiger partial charge in [-0.1, -0.05) is 12.1 Å². The zero-order valence-corrected chi connectivity index (χ0v) is 21.7. The molecule has 0 aliphatic carbocycles. The highest BCUT2D eigenvalue weighted by Gasteiger charge is 2.27. The van der Waals surface area contributed by atoms with Gasteiger partial charge in [-0.2, -0.15) is 0 Å². The van der Waals surface area contributed by atoms with Crippen LogP contribution in [0.2, 0.25) is 0 Å². The Bertz CT molecular complexity index is 1220. The van der Waals surface area contributed by atoms with Crippen molar-refractivity contribution in [1.82, 2.24) is 19.9 Å². The summed E-state index contributed by atoms with van der Waals surface area (Å²) in [7, 11) is 0. The maximum atomic E-state index is 13.1. The van der Waals surface area contributed by atoms with Gasteiger partial charge >= 0.3 is 6.09 Å². The number of anilines is 2. The largest absolute Gasteiger partial charge is 0.444 e. The summed E-state index contributed by atoms with van der Waals surface area (Å²) in [5, 5.41) is 2.94. The molecule has 0 saturated carbocycles. The van der Waals surface area contributed by atoms with Crippen molar-refractivity contribution in [3.8, 4) is 11.4 Å². The first-order valence-corrected chi connectivity index (χ1v) is 12.9. The standard InChI is InChI=1S/C26H30N6O3S/c1-26(2,3)35-25(34)32-15-13-31(14-16-32)22-10-11-27-17-21(22)30-24(33)20-9-12-28-23(29-20)18-5-7-19(36-4)8-6-18/h5-12,17H,13-16H2,1-4H3,(H,30,33). The minimum atomic E-state index is -0.532. The fraction of sp³-hybridized carbons (Fsp3) is 0.346. The number of hydrogen-bond acceptors (Lipinski definition) is 8. The van der Waals surface area contributed by atoms with E-state index in [-0.39, 0.29) is 17.7 Å². The molecule has 2 amide bonds. The Balaban J connectivity index is 1.44. The van der Waals surface area contributed by atoms with Crippen LogP contribution in [0.5, 0.6) is 0 Å². The Hall–Kier alpha value is -3.66. The van der Waals surface area contributed by atoms with Crippen LogP contribution in [-0.4, -0.2) is 69.9 Å². The second-order valence-electron chi connectivity index (χ2n) is 9.30. The summed E-state index contributed by atoms with van der Waals surface area (Å²) >= 11 is 1.66. The number of pyridine rings is 1. The average Bonchev–Trinajstić information content (AvgIpc) is 2.88. The molecule has 3 aromatic rings. The van der Waals surface area contributed by atoms with Crippen molar-refractivity contribution in [3.05, 3.63) is 60.7 Å². The number of nitrogens with one attached hydrogen (secondary N) is 1. The van der Waals surface area contributed by atoms with Gasteiger partial charge < -0.3 is 19.9 Å². The van der Waals surface area contributed by atoms with Crippen molar-refractivity contribution in [1.29, 1.82) is 0 Å². The van der Waals surface area contributed by atoms with Crippen LogP contribution in [0.25, 0.3) is 11.4 Å². The number of aromatic nitrogens is 3. The van der Waals surface area contributed by atoms with Crippen LogP contribution in [0.1, 0.15) is 31.3 Å². The van der Waals surface area contributed by atoms with Crippen molar-refractivity contribution in [2.24, 2.45) is 0 Å². The van der Waals surface area contributed by atoms with Gasteiger partial charge in [-0.15, -0.1) is 11.8 Å². The van der Waals surface area contributed by atoms with Gasteiger partial charge in [0.2, 0.25) is 0 Å². The number of thioether (sulfide) groups is 1. The molecule has 0 unspecified atom stereocenters. The third kappa shape index (κ3) is 6.31. The number of piperazine rings is 1. The van der Waals surface area contributed by atoms with Crippen LogP contribution in [-0.2, 0) is 4.74 Å². The number of benzene rings is 1. The van der Waals surface area contributed by atoms with Crippen LogP contribution >= 0.6 is 11.8 Å². The van der Waals surface area contributed by atoms with Gasteiger partial charge in [-0.05, 0) is 51.3 Å². The van der Waals surface area contributed by atoms with E-state index in [1.54, 1.807) is 41.3 Å². The maximum Gasteiger partial charge on any atom is 0.410 e. The minimum absolute atomic E-state index is 0.262. The molecule has 1 aliphatic rings. The fourth-order valence-corrected chi connectivity index (χ4v) is 4.17. The fourth-order valence-electron chi connectivity index (χ4n) is 3.77. The molecule has 1 N–H and O–H groups in total. The van der Waals surface area contributed by atoms with Gasteiger partial charge in [0, 0.05) is 49.0 Å². The predicted molar refractivity (Wildman–Crippen MR) is 141 cm³/mol. The molecule has 0 radical (unpaired) electrons. The van der Waals surface area contributed by atoms with Crippen molar-refractivity contribution in [2.45, 2.75) is 31.3 Å². The maximum absolute atomic E-state index is 13.1. The molecule has 0 bridgehead atoms. The Kier molecular flexibility index (Phi) is 7.73. The van der Waals surface area contributed by atoms with Gasteiger partial charge in [-0.3, -0.25) is 9.78 Å². The molecular weight excluding hydrogens is 476 g/mol. The van der Waals surface area contributed by atoms with E-state index in [0.717, 1.165) is 16.1 Å². The zero-order valence-electron chi connectivity index (χ0n) is 20.9. The molecule has 9 nitrogen and oxygen atoms in total. The molecule has 1 aromatic carbocycles. The summed E-state index contributed by atoms with van der Waals surface area (Å²) < 4.78 is 5.48. The molecule has 1 fully saturated rings. The SMILES string of the molecule is CSc1ccc(-c2nccc(C(=O)Nc3cnccc3N3CCN(C(=O)OC(C)(C)C)CC3)n2)cc1. The van der Waals surface area contributed by atoms with Gasteiger partial charge in [0.1, 0.15) is 11.3 Å². The summed E-state index contributed by atoms with van der Waals surface area (Å²) in [6.45, 7) is 7.83. The van der Waals surface area contributed by atoms with Crippen molar-refractivity contribution < 1.29 is 14.3 Å². The van der Waals surface area contributed by atoms with Crippen LogP contribution in [0.4, 0.5) is 16.2 Å². The highest BCUT2D eigenvalue weighted by atomic mass is 32.2. The van der Waals surface area contributed by atoms with Gasteiger partial charge in [0.25, 0.3) is 5.91 Å². The smallest absolute Gasteiger partial charge is 0.410 e. The Morgan fingerprint density at radius 3 is 2.39 bits per heavy atom. The van der Waals surface area contributed by atoms with Gasteiger partial charge in [-0.25, -0.2) is 14.8 Å². The monoisotopic (exact) mass is 506 g/mol. The van der Waals surface area contributed by atoms with E-state index in [0.29, 0.717) is 37.7 Å². The number of carbonyl (C=O) groups is 2. The highest BCUT2D eigenvalue weighted by molar-refractivity contribution is 7.98. The molecule has 1 saturated heterocycles. The van der Waals surface area contributed by atoms with Crippen LogP contribution in [0, 0.1) is 0 Å². The third-order valence-corrected chi connectivity index (χ3v) is 6.30. The van der Waals surface area contributed by atoms with Crippen LogP contribution < -0.4 is 10.2 Å². The van der Waals surface area contributed by atoms with E-state index in [1.165, 1.54) is 0 Å². The topological polar surface area (TPSA) is 101 Å². The highest BCUT2D eigenvalue weighted by Crippen LogP contribution is 2.27. The quantitative estimate of drug-likeness (QED) is 0.502. The van der Waals surface area contributed by atoms with E-state index in [9.17, 15) is 9.59 Å². The number of carbonyl (C=O) groups excluding carboxylic acids is 2. The molecule has 0 spiro atoms. The van der Waals surface area contributed by atoms with E-state index < -0.39 is 5.60 Å². The average molecular weight is 507 g/mol. The van der Waals surface area contributed by atoms with E-state index in [4.69, 9.17) is 4.74 Å². The molecule has 36 heavy (non-hydrogen) atoms. The minimum Gasteiger partial charge on any atom is -0.444 e. The summed E-state index contributed by atoms with van der Waals surface area (Å²) in [6, 6.07) is 11.3. The molecule has 0 atom stereocenters. The van der Waals surface area contributed by atoms with Crippen molar-refractivity contribution >= 4 is 35.1 Å². The molecule has 4 rings (SSSR count). The van der Waals surface area contributed by atoms with E-state index in [1.807, 2.05) is 57.4 Å². The number of rotatable bonds is 5. The van der Waals surface area contributed by atoms with Crippen LogP contribution in [0.3, 0.4) is 0 Å².